The van der Waals surface area contributed by atoms with Crippen molar-refractivity contribution < 1.29 is 36.7 Å². The summed E-state index contributed by atoms with van der Waals surface area (Å²) in [6, 6.07) is 43.8. The van der Waals surface area contributed by atoms with Gasteiger partial charge in [0.15, 0.2) is 0 Å². The van der Waals surface area contributed by atoms with Crippen molar-refractivity contribution >= 4 is 54.9 Å². The van der Waals surface area contributed by atoms with Gasteiger partial charge in [-0.2, -0.15) is 0 Å². The van der Waals surface area contributed by atoms with E-state index < -0.39 is 23.1 Å². The van der Waals surface area contributed by atoms with Crippen LogP contribution in [-0.4, -0.2) is 7.25 Å². The molecule has 0 saturated heterocycles. The van der Waals surface area contributed by atoms with Gasteiger partial charge in [-0.3, -0.25) is 0 Å². The first-order valence-corrected chi connectivity index (χ1v) is 25.0. The van der Waals surface area contributed by atoms with Crippen molar-refractivity contribution in [3.8, 4) is 0 Å². The van der Waals surface area contributed by atoms with Crippen LogP contribution in [0.5, 0.6) is 0 Å². The summed E-state index contributed by atoms with van der Waals surface area (Å²) in [5, 5.41) is 8.93. The predicted molar refractivity (Wildman–Crippen MR) is 270 cm³/mol. The van der Waals surface area contributed by atoms with Gasteiger partial charge in [-0.15, -0.1) is 0 Å². The molecular weight excluding hydrogens is 924 g/mol. The summed E-state index contributed by atoms with van der Waals surface area (Å²) in [5.74, 6) is 0. The predicted octanol–water partition coefficient (Wildman–Crippen LogP) is 13.5. The van der Waals surface area contributed by atoms with Gasteiger partial charge in [-0.1, -0.05) is 178 Å². The van der Waals surface area contributed by atoms with Crippen LogP contribution >= 0.6 is 15.8 Å². The number of halogens is 4. The number of allylic oxidation sites excluding steroid dienone is 4. The number of hydrogen-bond donors (Lipinski definition) is 0. The molecule has 64 heavy (non-hydrogen) atoms. The van der Waals surface area contributed by atoms with Crippen LogP contribution in [0.15, 0.2) is 133 Å². The van der Waals surface area contributed by atoms with Crippen molar-refractivity contribution in [3.63, 3.8) is 0 Å². The Morgan fingerprint density at radius 1 is 0.344 bits per heavy atom. The second-order valence-electron chi connectivity index (χ2n) is 17.6. The Morgan fingerprint density at radius 3 is 0.812 bits per heavy atom. The molecule has 0 heterocycles. The van der Waals surface area contributed by atoms with Crippen LogP contribution in [-0.2, 0) is 45.2 Å². The Hall–Kier alpha value is -3.93. The topological polar surface area (TPSA) is 0 Å². The minimum Gasteiger partial charge on any atom is -0.418 e. The molecule has 0 amide bonds. The summed E-state index contributed by atoms with van der Waals surface area (Å²) in [6.45, 7) is 18.0. The van der Waals surface area contributed by atoms with Crippen LogP contribution in [0.4, 0.5) is 17.3 Å². The molecule has 0 atom stereocenters. The van der Waals surface area contributed by atoms with Gasteiger partial charge in [0, 0.05) is 19.5 Å². The maximum atomic E-state index is 9.75. The second kappa shape index (κ2) is 23.5. The zero-order chi connectivity index (χ0) is 45.3. The second-order valence-corrected chi connectivity index (χ2v) is 21.9. The van der Waals surface area contributed by atoms with Crippen molar-refractivity contribution in [2.24, 2.45) is 0 Å². The zero-order valence-electron chi connectivity index (χ0n) is 38.7. The molecule has 6 aromatic rings. The summed E-state index contributed by atoms with van der Waals surface area (Å²) in [7, 11) is -7.41. The number of rotatable bonds is 6. The molecule has 0 spiro atoms. The fraction of sp³-hybridized carbons (Fsp3) is 0.286. The Bertz CT molecular complexity index is 2220. The van der Waals surface area contributed by atoms with Gasteiger partial charge in [0.25, 0.3) is 0 Å². The zero-order valence-corrected chi connectivity index (χ0v) is 42.1. The summed E-state index contributed by atoms with van der Waals surface area (Å²) < 4.78 is 39.0. The molecule has 5 aliphatic rings. The molecule has 6 aromatic carbocycles. The third kappa shape index (κ3) is 15.1. The number of aryl methyl sites for hydroxylation is 12. The van der Waals surface area contributed by atoms with Crippen molar-refractivity contribution in [1.82, 2.24) is 0 Å². The third-order valence-corrected chi connectivity index (χ3v) is 16.2. The van der Waals surface area contributed by atoms with E-state index >= 15 is 0 Å². The Balaban J connectivity index is 0.000000477. The van der Waals surface area contributed by atoms with E-state index in [1.54, 1.807) is 0 Å². The van der Waals surface area contributed by atoms with Crippen LogP contribution in [0.1, 0.15) is 92.4 Å². The summed E-state index contributed by atoms with van der Waals surface area (Å²) in [4.78, 5) is 0. The van der Waals surface area contributed by atoms with Crippen molar-refractivity contribution in [2.75, 3.05) is 0 Å². The maximum absolute atomic E-state index is 9.75. The average Bonchev–Trinajstić information content (AvgIpc) is 3.14. The van der Waals surface area contributed by atoms with Gasteiger partial charge in [0.1, 0.15) is 0 Å². The minimum absolute atomic E-state index is 0. The quantitative estimate of drug-likeness (QED) is 0.0675. The molecule has 0 fully saturated rings. The van der Waals surface area contributed by atoms with Gasteiger partial charge in [0.05, 0.1) is 0 Å². The van der Waals surface area contributed by atoms with E-state index in [-0.39, 0.29) is 19.5 Å². The molecule has 1 radical (unpaired) electrons. The van der Waals surface area contributed by atoms with Crippen LogP contribution < -0.4 is 31.8 Å². The molecule has 8 heteroatoms. The first-order chi connectivity index (χ1) is 30.0. The molecule has 11 rings (SSSR count). The molecule has 0 aliphatic heterocycles. The van der Waals surface area contributed by atoms with E-state index in [9.17, 15) is 17.3 Å². The minimum atomic E-state index is -6.00. The standard InChI is InChI=1S/C48H50P2.C8H12.BF4.Rh/c1-31-17-32(2)22-43(21-31)49(44-23-33(3)18-34(4)24-44)47-29-39-9-13-41(47)15-11-40-10-14-42(16-12-39)48(30-40)50(45-25-35(5)19-36(6)26-45)46-27-37(7)20-38(8)28-46;1-2-4-6-8-7-5-3-1;2-1(3,4)5;/h9-10,13-14,17-30H,11-12,15-16H2,1-8H3;1-2,7-8H,3-6H2;;/q;;-1;/b;2-1-,8-7-;;. The SMILES string of the molecule is C1=C\CC/C=C\CC/1.Cc1cc(C)cc(P(c2cc(C)cc(C)c2)c2cc3ccc2CCc2ccc(c(P(c4cc(C)cc(C)c4)c4cc(C)cc(C)c4)c2)CC3)c1.F[B-](F)(F)F.[Rh]. The normalized spacial score (nSPS) is 14.5. The van der Waals surface area contributed by atoms with Crippen LogP contribution in [0.2, 0.25) is 0 Å². The van der Waals surface area contributed by atoms with Crippen molar-refractivity contribution in [2.45, 2.75) is 107 Å². The van der Waals surface area contributed by atoms with Crippen LogP contribution in [0.25, 0.3) is 0 Å². The number of hydrogen-bond acceptors (Lipinski definition) is 0. The molecule has 0 nitrogen and oxygen atoms in total. The molecular formula is C56H62BF4P2Rh-. The van der Waals surface area contributed by atoms with Gasteiger partial charge in [-0.05, 0) is 177 Å². The Kier molecular flexibility index (Phi) is 18.7. The fourth-order valence-electron chi connectivity index (χ4n) is 8.96. The molecule has 337 valence electrons. The first kappa shape index (κ1) is 51.1. The van der Waals surface area contributed by atoms with Crippen LogP contribution in [0, 0.1) is 55.4 Å². The molecule has 0 N–H and O–H groups in total. The molecule has 0 unspecified atom stereocenters. The van der Waals surface area contributed by atoms with E-state index in [1.165, 1.54) is 124 Å². The summed E-state index contributed by atoms with van der Waals surface area (Å²) in [6.07, 6.45) is 18.1. The molecule has 0 aromatic heterocycles. The van der Waals surface area contributed by atoms with E-state index in [0.717, 1.165) is 25.7 Å². The van der Waals surface area contributed by atoms with Gasteiger partial charge < -0.3 is 17.3 Å². The van der Waals surface area contributed by atoms with E-state index in [0.29, 0.717) is 0 Å². The van der Waals surface area contributed by atoms with Gasteiger partial charge in [-0.25, -0.2) is 0 Å². The van der Waals surface area contributed by atoms with Crippen LogP contribution in [0.3, 0.4) is 0 Å². The molecule has 0 saturated carbocycles. The average molecular weight is 987 g/mol. The fourth-order valence-corrected chi connectivity index (χ4v) is 14.9. The van der Waals surface area contributed by atoms with Gasteiger partial charge in [0.2, 0.25) is 0 Å². The third-order valence-electron chi connectivity index (χ3n) is 11.3. The summed E-state index contributed by atoms with van der Waals surface area (Å²) >= 11 is 0. The molecule has 4 bridgehead atoms. The monoisotopic (exact) mass is 986 g/mol. The maximum Gasteiger partial charge on any atom is 0.673 e. The van der Waals surface area contributed by atoms with Crippen molar-refractivity contribution in [3.05, 3.63) is 200 Å². The largest absolute Gasteiger partial charge is 0.673 e. The Labute approximate surface area is 396 Å². The van der Waals surface area contributed by atoms with E-state index in [2.05, 4.69) is 189 Å². The first-order valence-electron chi connectivity index (χ1n) is 22.3. The molecule has 5 aliphatic carbocycles. The van der Waals surface area contributed by atoms with E-state index in [1.807, 2.05) is 0 Å². The summed E-state index contributed by atoms with van der Waals surface area (Å²) in [5.41, 5.74) is 16.7. The Morgan fingerprint density at radius 2 is 0.578 bits per heavy atom. The van der Waals surface area contributed by atoms with Gasteiger partial charge >= 0.3 is 7.25 Å². The van der Waals surface area contributed by atoms with E-state index in [4.69, 9.17) is 0 Å². The smallest absolute Gasteiger partial charge is 0.418 e. The number of benzene rings is 6. The van der Waals surface area contributed by atoms with Crippen molar-refractivity contribution in [1.29, 1.82) is 0 Å².